The summed E-state index contributed by atoms with van der Waals surface area (Å²) >= 11 is 0. The molecular weight excluding hydrogens is 256 g/mol. The Kier molecular flexibility index (Phi) is 3.36. The Balaban J connectivity index is 1.89. The van der Waals surface area contributed by atoms with E-state index in [1.165, 1.54) is 0 Å². The maximum absolute atomic E-state index is 6.04. The van der Waals surface area contributed by atoms with E-state index in [9.17, 15) is 0 Å². The van der Waals surface area contributed by atoms with Gasteiger partial charge in [0.1, 0.15) is 13.2 Å². The van der Waals surface area contributed by atoms with E-state index >= 15 is 0 Å². The number of benzene rings is 1. The molecule has 1 aliphatic rings. The van der Waals surface area contributed by atoms with Crippen molar-refractivity contribution in [1.82, 2.24) is 4.98 Å². The van der Waals surface area contributed by atoms with E-state index in [2.05, 4.69) is 4.98 Å². The maximum atomic E-state index is 6.04. The summed E-state index contributed by atoms with van der Waals surface area (Å²) in [5.41, 5.74) is 6.95. The van der Waals surface area contributed by atoms with Gasteiger partial charge in [-0.15, -0.1) is 0 Å². The molecule has 1 aromatic heterocycles. The van der Waals surface area contributed by atoms with Gasteiger partial charge < -0.3 is 19.6 Å². The minimum atomic E-state index is -0.194. The number of rotatable bonds is 3. The molecule has 0 bridgehead atoms. The molecule has 1 unspecified atom stereocenters. The first kappa shape index (κ1) is 13.0. The van der Waals surface area contributed by atoms with Gasteiger partial charge in [0.25, 0.3) is 0 Å². The summed E-state index contributed by atoms with van der Waals surface area (Å²) in [6.07, 6.45) is 1.70. The smallest absolute Gasteiger partial charge is 0.212 e. The van der Waals surface area contributed by atoms with Crippen molar-refractivity contribution in [2.45, 2.75) is 19.9 Å². The standard InChI is InChI=1S/C15H18N2O3/c1-9(2)14(16)15-17-8-13(20-15)10-3-4-11-12(7-10)19-6-5-18-11/h3-4,7-9,14H,5-6,16H2,1-2H3. The summed E-state index contributed by atoms with van der Waals surface area (Å²) in [7, 11) is 0. The minimum absolute atomic E-state index is 0.194. The van der Waals surface area contributed by atoms with Crippen LogP contribution in [0.15, 0.2) is 28.8 Å². The van der Waals surface area contributed by atoms with Crippen molar-refractivity contribution in [3.05, 3.63) is 30.3 Å². The third-order valence-corrected chi connectivity index (χ3v) is 3.35. The Morgan fingerprint density at radius 2 is 1.90 bits per heavy atom. The van der Waals surface area contributed by atoms with Crippen LogP contribution in [-0.2, 0) is 0 Å². The topological polar surface area (TPSA) is 70.5 Å². The SMILES string of the molecule is CC(C)C(N)c1ncc(-c2ccc3c(c2)OCCO3)o1. The normalized spacial score (nSPS) is 15.4. The molecule has 0 spiro atoms. The first-order chi connectivity index (χ1) is 9.65. The van der Waals surface area contributed by atoms with E-state index in [-0.39, 0.29) is 12.0 Å². The van der Waals surface area contributed by atoms with Crippen LogP contribution in [0.4, 0.5) is 0 Å². The van der Waals surface area contributed by atoms with Crippen molar-refractivity contribution in [2.24, 2.45) is 11.7 Å². The van der Waals surface area contributed by atoms with Crippen LogP contribution in [0.25, 0.3) is 11.3 Å². The number of fused-ring (bicyclic) bond motifs is 1. The highest BCUT2D eigenvalue weighted by Crippen LogP contribution is 2.35. The molecule has 5 nitrogen and oxygen atoms in total. The Labute approximate surface area is 117 Å². The van der Waals surface area contributed by atoms with Crippen molar-refractivity contribution >= 4 is 0 Å². The molecule has 106 valence electrons. The van der Waals surface area contributed by atoms with Crippen molar-refractivity contribution in [2.75, 3.05) is 13.2 Å². The van der Waals surface area contributed by atoms with Gasteiger partial charge in [-0.2, -0.15) is 0 Å². The lowest BCUT2D eigenvalue weighted by Gasteiger charge is -2.18. The molecule has 0 amide bonds. The van der Waals surface area contributed by atoms with Crippen molar-refractivity contribution < 1.29 is 13.9 Å². The fraction of sp³-hybridized carbons (Fsp3) is 0.400. The monoisotopic (exact) mass is 274 g/mol. The average molecular weight is 274 g/mol. The molecule has 2 aromatic rings. The molecular formula is C15H18N2O3. The number of ether oxygens (including phenoxy) is 2. The summed E-state index contributed by atoms with van der Waals surface area (Å²) in [6, 6.07) is 5.52. The average Bonchev–Trinajstić information content (AvgIpc) is 2.95. The number of nitrogens with two attached hydrogens (primary N) is 1. The highest BCUT2D eigenvalue weighted by Gasteiger charge is 2.18. The first-order valence-electron chi connectivity index (χ1n) is 6.76. The summed E-state index contributed by atoms with van der Waals surface area (Å²) in [6.45, 7) is 5.23. The molecule has 1 atom stereocenters. The lowest BCUT2D eigenvalue weighted by molar-refractivity contribution is 0.171. The van der Waals surface area contributed by atoms with Crippen LogP contribution in [0.2, 0.25) is 0 Å². The largest absolute Gasteiger partial charge is 0.486 e. The quantitative estimate of drug-likeness (QED) is 0.931. The van der Waals surface area contributed by atoms with Crippen molar-refractivity contribution in [3.63, 3.8) is 0 Å². The number of hydrogen-bond donors (Lipinski definition) is 1. The Hall–Kier alpha value is -2.01. The number of hydrogen-bond acceptors (Lipinski definition) is 5. The molecule has 0 fully saturated rings. The van der Waals surface area contributed by atoms with Crippen molar-refractivity contribution in [3.8, 4) is 22.8 Å². The van der Waals surface area contributed by atoms with Crippen LogP contribution in [0.5, 0.6) is 11.5 Å². The zero-order valence-electron chi connectivity index (χ0n) is 11.6. The fourth-order valence-electron chi connectivity index (χ4n) is 2.06. The highest BCUT2D eigenvalue weighted by atomic mass is 16.6. The third-order valence-electron chi connectivity index (χ3n) is 3.35. The second kappa shape index (κ2) is 5.17. The third kappa shape index (κ3) is 2.36. The van der Waals surface area contributed by atoms with Gasteiger partial charge in [0.2, 0.25) is 5.89 Å². The van der Waals surface area contributed by atoms with Gasteiger partial charge in [0.05, 0.1) is 12.2 Å². The summed E-state index contributed by atoms with van der Waals surface area (Å²) in [5, 5.41) is 0. The van der Waals surface area contributed by atoms with E-state index < -0.39 is 0 Å². The van der Waals surface area contributed by atoms with Crippen LogP contribution >= 0.6 is 0 Å². The summed E-state index contributed by atoms with van der Waals surface area (Å²) < 4.78 is 16.8. The number of oxazole rings is 1. The lowest BCUT2D eigenvalue weighted by atomic mass is 10.1. The fourth-order valence-corrected chi connectivity index (χ4v) is 2.06. The molecule has 0 radical (unpaired) electrons. The van der Waals surface area contributed by atoms with Gasteiger partial charge in [-0.3, -0.25) is 0 Å². The lowest BCUT2D eigenvalue weighted by Crippen LogP contribution is -2.16. The van der Waals surface area contributed by atoms with Crippen LogP contribution in [0.1, 0.15) is 25.8 Å². The van der Waals surface area contributed by atoms with E-state index in [1.807, 2.05) is 32.0 Å². The minimum Gasteiger partial charge on any atom is -0.486 e. The molecule has 5 heteroatoms. The summed E-state index contributed by atoms with van der Waals surface area (Å²) in [5.74, 6) is 3.03. The Morgan fingerprint density at radius 3 is 2.65 bits per heavy atom. The Bertz CT molecular complexity index is 607. The molecule has 3 rings (SSSR count). The summed E-state index contributed by atoms with van der Waals surface area (Å²) in [4.78, 5) is 4.26. The van der Waals surface area contributed by atoms with Crippen LogP contribution in [0.3, 0.4) is 0 Å². The highest BCUT2D eigenvalue weighted by molar-refractivity contribution is 5.62. The molecule has 2 N–H and O–H groups in total. The predicted octanol–water partition coefficient (Wildman–Crippen LogP) is 2.77. The van der Waals surface area contributed by atoms with Gasteiger partial charge in [-0.25, -0.2) is 4.98 Å². The van der Waals surface area contributed by atoms with Gasteiger partial charge in [0, 0.05) is 5.56 Å². The second-order valence-corrected chi connectivity index (χ2v) is 5.19. The van der Waals surface area contributed by atoms with Gasteiger partial charge in [-0.1, -0.05) is 13.8 Å². The van der Waals surface area contributed by atoms with Gasteiger partial charge in [-0.05, 0) is 24.1 Å². The molecule has 0 aliphatic carbocycles. The van der Waals surface area contributed by atoms with E-state index in [0.717, 1.165) is 17.1 Å². The number of aromatic nitrogens is 1. The van der Waals surface area contributed by atoms with E-state index in [1.54, 1.807) is 6.20 Å². The van der Waals surface area contributed by atoms with E-state index in [0.29, 0.717) is 24.9 Å². The van der Waals surface area contributed by atoms with Gasteiger partial charge in [0.15, 0.2) is 17.3 Å². The predicted molar refractivity (Wildman–Crippen MR) is 74.7 cm³/mol. The first-order valence-corrected chi connectivity index (χ1v) is 6.76. The van der Waals surface area contributed by atoms with Crippen molar-refractivity contribution in [1.29, 1.82) is 0 Å². The van der Waals surface area contributed by atoms with Crippen LogP contribution < -0.4 is 15.2 Å². The molecule has 1 aromatic carbocycles. The zero-order valence-corrected chi connectivity index (χ0v) is 11.6. The Morgan fingerprint density at radius 1 is 1.15 bits per heavy atom. The molecule has 1 aliphatic heterocycles. The number of nitrogens with zero attached hydrogens (tertiary/aromatic N) is 1. The molecule has 2 heterocycles. The van der Waals surface area contributed by atoms with Crippen LogP contribution in [0, 0.1) is 5.92 Å². The zero-order chi connectivity index (χ0) is 14.1. The molecule has 0 saturated carbocycles. The second-order valence-electron chi connectivity index (χ2n) is 5.19. The maximum Gasteiger partial charge on any atom is 0.212 e. The van der Waals surface area contributed by atoms with E-state index in [4.69, 9.17) is 19.6 Å². The molecule has 0 saturated heterocycles. The molecule has 20 heavy (non-hydrogen) atoms. The van der Waals surface area contributed by atoms with Gasteiger partial charge >= 0.3 is 0 Å². The van der Waals surface area contributed by atoms with Crippen LogP contribution in [-0.4, -0.2) is 18.2 Å².